The molecule has 0 unspecified atom stereocenters. The summed E-state index contributed by atoms with van der Waals surface area (Å²) in [4.78, 5) is 11.0. The molecule has 0 atom stereocenters. The third kappa shape index (κ3) is 3.53. The molecule has 0 aromatic heterocycles. The minimum Gasteiger partial charge on any atom is -0.285 e. The highest BCUT2D eigenvalue weighted by Crippen LogP contribution is 1.99. The monoisotopic (exact) mass is 170 g/mol. The van der Waals surface area contributed by atoms with Crippen LogP contribution in [0.4, 0.5) is 0 Å². The van der Waals surface area contributed by atoms with Crippen molar-refractivity contribution in [1.29, 1.82) is 0 Å². The molecule has 0 radical (unpaired) electrons. The maximum atomic E-state index is 11.0. The molecule has 70 valence electrons. The van der Waals surface area contributed by atoms with Gasteiger partial charge in [0.15, 0.2) is 0 Å². The van der Waals surface area contributed by atoms with Crippen LogP contribution in [0.3, 0.4) is 0 Å². The third-order valence-corrected chi connectivity index (χ3v) is 1.54. The van der Waals surface area contributed by atoms with Crippen LogP contribution >= 0.6 is 0 Å². The van der Waals surface area contributed by atoms with Gasteiger partial charge >= 0.3 is 0 Å². The SMILES string of the molecule is C=CC(=O)NN(C(C)C)C(C)C. The number of hydrazine groups is 1. The highest BCUT2D eigenvalue weighted by Gasteiger charge is 2.13. The van der Waals surface area contributed by atoms with E-state index in [9.17, 15) is 4.79 Å². The first kappa shape index (κ1) is 11.2. The Bertz CT molecular complexity index is 156. The normalized spacial score (nSPS) is 10.9. The number of rotatable bonds is 4. The van der Waals surface area contributed by atoms with Crippen LogP contribution in [0.25, 0.3) is 0 Å². The van der Waals surface area contributed by atoms with Crippen molar-refractivity contribution in [3.8, 4) is 0 Å². The minimum atomic E-state index is -0.155. The molecule has 3 nitrogen and oxygen atoms in total. The quantitative estimate of drug-likeness (QED) is 0.510. The van der Waals surface area contributed by atoms with Crippen LogP contribution in [0, 0.1) is 0 Å². The van der Waals surface area contributed by atoms with E-state index in [1.807, 2.05) is 32.7 Å². The first-order valence-corrected chi connectivity index (χ1v) is 4.20. The van der Waals surface area contributed by atoms with E-state index in [1.54, 1.807) is 0 Å². The molecule has 0 aliphatic heterocycles. The Morgan fingerprint density at radius 1 is 1.33 bits per heavy atom. The summed E-state index contributed by atoms with van der Waals surface area (Å²) in [7, 11) is 0. The molecule has 0 aromatic rings. The molecule has 0 bridgehead atoms. The summed E-state index contributed by atoms with van der Waals surface area (Å²) >= 11 is 0. The fourth-order valence-corrected chi connectivity index (χ4v) is 1.03. The van der Waals surface area contributed by atoms with Crippen molar-refractivity contribution in [1.82, 2.24) is 10.4 Å². The number of amides is 1. The van der Waals surface area contributed by atoms with Gasteiger partial charge in [-0.25, -0.2) is 5.01 Å². The van der Waals surface area contributed by atoms with E-state index in [1.165, 1.54) is 6.08 Å². The molecule has 0 rings (SSSR count). The van der Waals surface area contributed by atoms with Crippen LogP contribution in [-0.4, -0.2) is 23.0 Å². The Morgan fingerprint density at radius 2 is 1.75 bits per heavy atom. The summed E-state index contributed by atoms with van der Waals surface area (Å²) in [6, 6.07) is 0.600. The molecule has 12 heavy (non-hydrogen) atoms. The van der Waals surface area contributed by atoms with Crippen molar-refractivity contribution in [2.24, 2.45) is 0 Å². The smallest absolute Gasteiger partial charge is 0.257 e. The van der Waals surface area contributed by atoms with Crippen LogP contribution in [0.2, 0.25) is 0 Å². The van der Waals surface area contributed by atoms with Crippen LogP contribution in [-0.2, 0) is 4.79 Å². The van der Waals surface area contributed by atoms with Crippen molar-refractivity contribution < 1.29 is 4.79 Å². The average Bonchev–Trinajstić information content (AvgIpc) is 1.98. The van der Waals surface area contributed by atoms with Crippen LogP contribution in [0.5, 0.6) is 0 Å². The zero-order valence-electron chi connectivity index (χ0n) is 8.29. The summed E-state index contributed by atoms with van der Waals surface area (Å²) < 4.78 is 0. The first-order chi connectivity index (χ1) is 5.49. The lowest BCUT2D eigenvalue weighted by molar-refractivity contribution is -0.122. The lowest BCUT2D eigenvalue weighted by atomic mass is 10.3. The molecule has 0 saturated carbocycles. The molecule has 0 aliphatic carbocycles. The highest BCUT2D eigenvalue weighted by atomic mass is 16.2. The molecule has 3 heteroatoms. The molecule has 1 N–H and O–H groups in total. The van der Waals surface area contributed by atoms with Crippen molar-refractivity contribution in [3.05, 3.63) is 12.7 Å². The standard InChI is InChI=1S/C9H18N2O/c1-6-9(12)10-11(7(2)3)8(4)5/h6-8H,1H2,2-5H3,(H,10,12). The highest BCUT2D eigenvalue weighted by molar-refractivity contribution is 5.86. The second-order valence-electron chi connectivity index (χ2n) is 3.27. The lowest BCUT2D eigenvalue weighted by Gasteiger charge is -2.30. The van der Waals surface area contributed by atoms with E-state index in [-0.39, 0.29) is 5.91 Å². The van der Waals surface area contributed by atoms with Gasteiger partial charge in [-0.05, 0) is 33.8 Å². The van der Waals surface area contributed by atoms with E-state index >= 15 is 0 Å². The van der Waals surface area contributed by atoms with E-state index in [2.05, 4.69) is 12.0 Å². The largest absolute Gasteiger partial charge is 0.285 e. The van der Waals surface area contributed by atoms with Crippen molar-refractivity contribution in [2.75, 3.05) is 0 Å². The van der Waals surface area contributed by atoms with Crippen LogP contribution < -0.4 is 5.43 Å². The Labute approximate surface area is 74.4 Å². The minimum absolute atomic E-state index is 0.155. The van der Waals surface area contributed by atoms with E-state index < -0.39 is 0 Å². The lowest BCUT2D eigenvalue weighted by Crippen LogP contribution is -2.49. The third-order valence-electron chi connectivity index (χ3n) is 1.54. The first-order valence-electron chi connectivity index (χ1n) is 4.20. The van der Waals surface area contributed by atoms with E-state index in [4.69, 9.17) is 0 Å². The average molecular weight is 170 g/mol. The number of nitrogens with zero attached hydrogens (tertiary/aromatic N) is 1. The molecular weight excluding hydrogens is 152 g/mol. The summed E-state index contributed by atoms with van der Waals surface area (Å²) in [5, 5.41) is 1.89. The Balaban J connectivity index is 4.13. The van der Waals surface area contributed by atoms with Gasteiger partial charge in [0.25, 0.3) is 5.91 Å². The molecule has 0 fully saturated rings. The van der Waals surface area contributed by atoms with Crippen molar-refractivity contribution in [2.45, 2.75) is 39.8 Å². The number of hydrogen-bond donors (Lipinski definition) is 1. The van der Waals surface area contributed by atoms with Gasteiger partial charge in [0, 0.05) is 12.1 Å². The topological polar surface area (TPSA) is 32.3 Å². The maximum absolute atomic E-state index is 11.0. The van der Waals surface area contributed by atoms with E-state index in [0.29, 0.717) is 12.1 Å². The molecular formula is C9H18N2O. The van der Waals surface area contributed by atoms with Gasteiger partial charge in [-0.1, -0.05) is 6.58 Å². The van der Waals surface area contributed by atoms with Gasteiger partial charge in [0.05, 0.1) is 0 Å². The Hall–Kier alpha value is -0.830. The number of carbonyl (C=O) groups excluding carboxylic acids is 1. The molecule has 0 saturated heterocycles. The van der Waals surface area contributed by atoms with Crippen molar-refractivity contribution >= 4 is 5.91 Å². The van der Waals surface area contributed by atoms with Gasteiger partial charge in [0.2, 0.25) is 0 Å². The Kier molecular flexibility index (Phi) is 4.59. The number of hydrogen-bond acceptors (Lipinski definition) is 2. The van der Waals surface area contributed by atoms with Gasteiger partial charge in [-0.2, -0.15) is 0 Å². The van der Waals surface area contributed by atoms with Crippen molar-refractivity contribution in [3.63, 3.8) is 0 Å². The molecule has 1 amide bonds. The number of nitrogens with one attached hydrogen (secondary N) is 1. The molecule has 0 aliphatic rings. The fourth-order valence-electron chi connectivity index (χ4n) is 1.03. The second-order valence-corrected chi connectivity index (χ2v) is 3.27. The second kappa shape index (κ2) is 4.93. The number of carbonyl (C=O) groups is 1. The van der Waals surface area contributed by atoms with E-state index in [0.717, 1.165) is 0 Å². The summed E-state index contributed by atoms with van der Waals surface area (Å²) in [5.74, 6) is -0.155. The zero-order valence-corrected chi connectivity index (χ0v) is 8.29. The fraction of sp³-hybridized carbons (Fsp3) is 0.667. The van der Waals surface area contributed by atoms with Gasteiger partial charge in [0.1, 0.15) is 0 Å². The van der Waals surface area contributed by atoms with Gasteiger partial charge < -0.3 is 0 Å². The van der Waals surface area contributed by atoms with Gasteiger partial charge in [-0.15, -0.1) is 0 Å². The van der Waals surface area contributed by atoms with Gasteiger partial charge in [-0.3, -0.25) is 10.2 Å². The molecule has 0 aromatic carbocycles. The zero-order chi connectivity index (χ0) is 9.72. The summed E-state index contributed by atoms with van der Waals surface area (Å²) in [6.45, 7) is 11.5. The summed E-state index contributed by atoms with van der Waals surface area (Å²) in [6.07, 6.45) is 1.28. The van der Waals surface area contributed by atoms with Crippen LogP contribution in [0.1, 0.15) is 27.7 Å². The summed E-state index contributed by atoms with van der Waals surface area (Å²) in [5.41, 5.74) is 2.74. The predicted molar refractivity (Wildman–Crippen MR) is 50.5 cm³/mol. The molecule has 0 heterocycles. The maximum Gasteiger partial charge on any atom is 0.257 e. The Morgan fingerprint density at radius 3 is 2.00 bits per heavy atom. The van der Waals surface area contributed by atoms with Crippen LogP contribution in [0.15, 0.2) is 12.7 Å². The predicted octanol–water partition coefficient (Wildman–Crippen LogP) is 1.32. The molecule has 0 spiro atoms.